The Hall–Kier alpha value is -3.41. The maximum atomic E-state index is 13.4. The summed E-state index contributed by atoms with van der Waals surface area (Å²) in [4.78, 5) is 15.2. The number of nitrogens with one attached hydrogen (secondary N) is 1. The molecule has 0 saturated carbocycles. The predicted octanol–water partition coefficient (Wildman–Crippen LogP) is 3.81. The number of rotatable bonds is 4. The van der Waals surface area contributed by atoms with E-state index in [1.54, 1.807) is 25.2 Å². The van der Waals surface area contributed by atoms with Crippen LogP contribution in [0.25, 0.3) is 0 Å². The number of para-hydroxylation sites is 1. The minimum absolute atomic E-state index is 0.0842. The smallest absolute Gasteiger partial charge is 0.262 e. The number of benzene rings is 2. The van der Waals surface area contributed by atoms with Gasteiger partial charge in [-0.15, -0.1) is 0 Å². The van der Waals surface area contributed by atoms with Gasteiger partial charge in [-0.2, -0.15) is 0 Å². The molecule has 0 unspecified atom stereocenters. The molecule has 0 bridgehead atoms. The van der Waals surface area contributed by atoms with E-state index in [0.717, 1.165) is 11.4 Å². The third-order valence-corrected chi connectivity index (χ3v) is 4.84. The van der Waals surface area contributed by atoms with Crippen LogP contribution in [-0.2, 0) is 7.05 Å². The van der Waals surface area contributed by atoms with Gasteiger partial charge >= 0.3 is 0 Å². The van der Waals surface area contributed by atoms with Gasteiger partial charge in [0.05, 0.1) is 31.2 Å². The summed E-state index contributed by atoms with van der Waals surface area (Å²) in [6.45, 7) is 0. The van der Waals surface area contributed by atoms with Crippen LogP contribution in [0.15, 0.2) is 60.8 Å². The second kappa shape index (κ2) is 6.72. The molecule has 6 heteroatoms. The Morgan fingerprint density at radius 3 is 2.52 bits per heavy atom. The molecule has 0 fully saturated rings. The summed E-state index contributed by atoms with van der Waals surface area (Å²) in [5, 5.41) is 3.50. The number of methoxy groups -OCH3 is 2. The summed E-state index contributed by atoms with van der Waals surface area (Å²) < 4.78 is 12.9. The Bertz CT molecular complexity index is 996. The molecule has 1 aliphatic rings. The normalized spacial score (nSPS) is 15.9. The summed E-state index contributed by atoms with van der Waals surface area (Å²) in [5.41, 5.74) is 3.09. The van der Waals surface area contributed by atoms with Crippen molar-refractivity contribution in [2.24, 2.45) is 7.05 Å². The molecular formula is C21H21N3O3. The van der Waals surface area contributed by atoms with Crippen molar-refractivity contribution < 1.29 is 14.3 Å². The molecule has 0 spiro atoms. The fourth-order valence-corrected chi connectivity index (χ4v) is 3.45. The average molecular weight is 363 g/mol. The Balaban J connectivity index is 1.90. The van der Waals surface area contributed by atoms with Crippen molar-refractivity contribution in [1.82, 2.24) is 4.57 Å². The van der Waals surface area contributed by atoms with Crippen LogP contribution in [0, 0.1) is 0 Å². The topological polar surface area (TPSA) is 55.7 Å². The van der Waals surface area contributed by atoms with E-state index in [1.807, 2.05) is 66.3 Å². The highest BCUT2D eigenvalue weighted by Gasteiger charge is 2.36. The highest BCUT2D eigenvalue weighted by atomic mass is 16.5. The van der Waals surface area contributed by atoms with Crippen LogP contribution in [0.2, 0.25) is 0 Å². The molecule has 2 aromatic carbocycles. The molecule has 2 heterocycles. The molecule has 1 N–H and O–H groups in total. The van der Waals surface area contributed by atoms with Gasteiger partial charge in [0.15, 0.2) is 0 Å². The van der Waals surface area contributed by atoms with E-state index in [-0.39, 0.29) is 12.1 Å². The van der Waals surface area contributed by atoms with Crippen LogP contribution in [-0.4, -0.2) is 24.7 Å². The molecular weight excluding hydrogens is 342 g/mol. The van der Waals surface area contributed by atoms with Crippen molar-refractivity contribution >= 4 is 17.3 Å². The van der Waals surface area contributed by atoms with Gasteiger partial charge in [-0.3, -0.25) is 9.69 Å². The molecule has 1 atom stereocenters. The van der Waals surface area contributed by atoms with E-state index in [4.69, 9.17) is 9.47 Å². The monoisotopic (exact) mass is 363 g/mol. The Morgan fingerprint density at radius 2 is 1.81 bits per heavy atom. The number of ether oxygens (including phenoxy) is 2. The van der Waals surface area contributed by atoms with Gasteiger partial charge in [0, 0.05) is 25.0 Å². The van der Waals surface area contributed by atoms with Gasteiger partial charge in [0.1, 0.15) is 17.7 Å². The lowest BCUT2D eigenvalue weighted by atomic mass is 10.0. The summed E-state index contributed by atoms with van der Waals surface area (Å²) >= 11 is 0. The van der Waals surface area contributed by atoms with Crippen LogP contribution < -0.4 is 19.7 Å². The van der Waals surface area contributed by atoms with Crippen molar-refractivity contribution in [2.45, 2.75) is 6.17 Å². The van der Waals surface area contributed by atoms with Crippen LogP contribution in [0.4, 0.5) is 11.4 Å². The maximum absolute atomic E-state index is 13.4. The third kappa shape index (κ3) is 2.79. The van der Waals surface area contributed by atoms with Crippen LogP contribution in [0.5, 0.6) is 11.5 Å². The summed E-state index contributed by atoms with van der Waals surface area (Å²) in [6, 6.07) is 17.0. The Labute approximate surface area is 157 Å². The zero-order valence-electron chi connectivity index (χ0n) is 15.5. The van der Waals surface area contributed by atoms with Gasteiger partial charge < -0.3 is 19.4 Å². The average Bonchev–Trinajstić information content (AvgIpc) is 3.13. The van der Waals surface area contributed by atoms with E-state index < -0.39 is 0 Å². The molecule has 0 saturated heterocycles. The first-order valence-corrected chi connectivity index (χ1v) is 8.66. The predicted molar refractivity (Wildman–Crippen MR) is 105 cm³/mol. The molecule has 27 heavy (non-hydrogen) atoms. The van der Waals surface area contributed by atoms with Crippen LogP contribution in [0.1, 0.15) is 22.2 Å². The first-order valence-electron chi connectivity index (χ1n) is 8.66. The lowest BCUT2D eigenvalue weighted by molar-refractivity contribution is 0.0973. The third-order valence-electron chi connectivity index (χ3n) is 4.84. The number of carbonyl (C=O) groups excluding carboxylic acids is 1. The second-order valence-corrected chi connectivity index (χ2v) is 6.35. The SMILES string of the molecule is COc1ccc(N2C(=O)c3ccccc3N[C@H]2c2cccn2C)c(OC)c1. The highest BCUT2D eigenvalue weighted by molar-refractivity contribution is 6.12. The van der Waals surface area contributed by atoms with E-state index in [9.17, 15) is 4.79 Å². The number of amides is 1. The minimum atomic E-state index is -0.366. The molecule has 3 aromatic rings. The molecule has 1 aromatic heterocycles. The van der Waals surface area contributed by atoms with E-state index >= 15 is 0 Å². The number of fused-ring (bicyclic) bond motifs is 1. The van der Waals surface area contributed by atoms with Crippen molar-refractivity contribution in [3.05, 3.63) is 72.1 Å². The summed E-state index contributed by atoms with van der Waals surface area (Å²) in [5.74, 6) is 1.16. The van der Waals surface area contributed by atoms with E-state index in [1.165, 1.54) is 0 Å². The van der Waals surface area contributed by atoms with Crippen molar-refractivity contribution in [1.29, 1.82) is 0 Å². The molecule has 0 aliphatic carbocycles. The van der Waals surface area contributed by atoms with Crippen molar-refractivity contribution in [2.75, 3.05) is 24.4 Å². The largest absolute Gasteiger partial charge is 0.497 e. The van der Waals surface area contributed by atoms with E-state index in [2.05, 4.69) is 5.32 Å². The van der Waals surface area contributed by atoms with Gasteiger partial charge in [-0.1, -0.05) is 12.1 Å². The number of carbonyl (C=O) groups is 1. The maximum Gasteiger partial charge on any atom is 0.262 e. The molecule has 1 aliphatic heterocycles. The molecule has 6 nitrogen and oxygen atoms in total. The fraction of sp³-hybridized carbons (Fsp3) is 0.190. The zero-order chi connectivity index (χ0) is 19.0. The standard InChI is InChI=1S/C21H21N3O3/c1-23-12-6-9-18(23)20-22-16-8-5-4-7-15(16)21(25)24(20)17-11-10-14(26-2)13-19(17)27-3/h4-13,20,22H,1-3H3/t20-/m1/s1. The van der Waals surface area contributed by atoms with Crippen molar-refractivity contribution in [3.63, 3.8) is 0 Å². The fourth-order valence-electron chi connectivity index (χ4n) is 3.45. The van der Waals surface area contributed by atoms with Gasteiger partial charge in [-0.05, 0) is 36.4 Å². The number of aryl methyl sites for hydroxylation is 1. The Morgan fingerprint density at radius 1 is 1.00 bits per heavy atom. The lowest BCUT2D eigenvalue weighted by Gasteiger charge is -2.38. The van der Waals surface area contributed by atoms with Crippen molar-refractivity contribution in [3.8, 4) is 11.5 Å². The van der Waals surface area contributed by atoms with Gasteiger partial charge in [0.25, 0.3) is 5.91 Å². The number of anilines is 2. The number of aromatic nitrogens is 1. The summed E-state index contributed by atoms with van der Waals surface area (Å²) in [7, 11) is 5.15. The number of hydrogen-bond acceptors (Lipinski definition) is 4. The molecule has 1 amide bonds. The van der Waals surface area contributed by atoms with Crippen LogP contribution >= 0.6 is 0 Å². The zero-order valence-corrected chi connectivity index (χ0v) is 15.5. The van der Waals surface area contributed by atoms with E-state index in [0.29, 0.717) is 22.7 Å². The number of hydrogen-bond donors (Lipinski definition) is 1. The minimum Gasteiger partial charge on any atom is -0.497 e. The first kappa shape index (κ1) is 17.0. The van der Waals surface area contributed by atoms with Crippen LogP contribution in [0.3, 0.4) is 0 Å². The lowest BCUT2D eigenvalue weighted by Crippen LogP contribution is -2.44. The van der Waals surface area contributed by atoms with Gasteiger partial charge in [0.2, 0.25) is 0 Å². The second-order valence-electron chi connectivity index (χ2n) is 6.35. The first-order chi connectivity index (χ1) is 13.1. The van der Waals surface area contributed by atoms with Gasteiger partial charge in [-0.25, -0.2) is 0 Å². The Kier molecular flexibility index (Phi) is 4.24. The highest BCUT2D eigenvalue weighted by Crippen LogP contribution is 2.41. The number of nitrogens with zero attached hydrogens (tertiary/aromatic N) is 2. The quantitative estimate of drug-likeness (QED) is 0.766. The molecule has 0 radical (unpaired) electrons. The molecule has 138 valence electrons. The summed E-state index contributed by atoms with van der Waals surface area (Å²) in [6.07, 6.45) is 1.60. The molecule has 4 rings (SSSR count).